The molecule has 0 spiro atoms. The highest BCUT2D eigenvalue weighted by Crippen LogP contribution is 2.14. The van der Waals surface area contributed by atoms with Gasteiger partial charge in [-0.1, -0.05) is 110 Å². The summed E-state index contributed by atoms with van der Waals surface area (Å²) in [5.74, 6) is -1.79. The molecule has 0 saturated heterocycles. The second-order valence-corrected chi connectivity index (χ2v) is 7.17. The number of rotatable bonds is 17. The van der Waals surface area contributed by atoms with Gasteiger partial charge in [0.15, 0.2) is 0 Å². The molecule has 0 saturated carbocycles. The Hall–Kier alpha value is -1.32. The average Bonchev–Trinajstić information content (AvgIpc) is 2.62. The van der Waals surface area contributed by atoms with Gasteiger partial charge in [-0.3, -0.25) is 4.79 Å². The first kappa shape index (κ1) is 26.9. The van der Waals surface area contributed by atoms with E-state index in [1.165, 1.54) is 83.5 Å². The molecule has 0 aromatic rings. The molecule has 4 nitrogen and oxygen atoms in total. The maximum Gasteiger partial charge on any atom is 0.327 e. The zero-order chi connectivity index (χ0) is 20.0. The van der Waals surface area contributed by atoms with E-state index in [-0.39, 0.29) is 5.92 Å². The van der Waals surface area contributed by atoms with E-state index in [2.05, 4.69) is 13.5 Å². The van der Waals surface area contributed by atoms with Crippen molar-refractivity contribution < 1.29 is 19.8 Å². The second-order valence-electron chi connectivity index (χ2n) is 7.17. The van der Waals surface area contributed by atoms with E-state index in [9.17, 15) is 9.59 Å². The second kappa shape index (κ2) is 21.7. The Morgan fingerprint density at radius 3 is 1.35 bits per heavy atom. The number of unbranched alkanes of at least 4 members (excludes halogenated alkanes) is 13. The molecule has 0 rings (SSSR count). The van der Waals surface area contributed by atoms with E-state index in [4.69, 9.17) is 10.2 Å². The molecule has 2 N–H and O–H groups in total. The summed E-state index contributed by atoms with van der Waals surface area (Å²) in [5, 5.41) is 16.4. The number of hydrogen-bond acceptors (Lipinski definition) is 2. The Kier molecular flexibility index (Phi) is 22.5. The van der Waals surface area contributed by atoms with Crippen LogP contribution in [0.4, 0.5) is 0 Å². The number of carboxylic acids is 2. The summed E-state index contributed by atoms with van der Waals surface area (Å²) in [6.07, 6.45) is 20.6. The van der Waals surface area contributed by atoms with Crippen molar-refractivity contribution in [3.05, 3.63) is 12.7 Å². The molecule has 0 aliphatic heterocycles. The van der Waals surface area contributed by atoms with Crippen LogP contribution in [0.1, 0.15) is 110 Å². The van der Waals surface area contributed by atoms with Gasteiger partial charge in [-0.2, -0.15) is 0 Å². The molecule has 0 aliphatic rings. The van der Waals surface area contributed by atoms with Crippen LogP contribution in [0, 0.1) is 5.92 Å². The minimum absolute atomic E-state index is 0.165. The van der Waals surface area contributed by atoms with Crippen molar-refractivity contribution >= 4 is 11.9 Å². The van der Waals surface area contributed by atoms with Crippen molar-refractivity contribution in [1.29, 1.82) is 0 Å². The Balaban J connectivity index is 0. The smallest absolute Gasteiger partial charge is 0.327 e. The molecule has 26 heavy (non-hydrogen) atoms. The van der Waals surface area contributed by atoms with Crippen LogP contribution in [0.15, 0.2) is 12.7 Å². The third-order valence-electron chi connectivity index (χ3n) is 4.59. The van der Waals surface area contributed by atoms with Gasteiger partial charge in [0.2, 0.25) is 0 Å². The first-order chi connectivity index (χ1) is 12.5. The fourth-order valence-corrected chi connectivity index (χ4v) is 2.77. The third kappa shape index (κ3) is 24.9. The van der Waals surface area contributed by atoms with E-state index >= 15 is 0 Å². The van der Waals surface area contributed by atoms with Gasteiger partial charge >= 0.3 is 11.9 Å². The van der Waals surface area contributed by atoms with E-state index < -0.39 is 11.9 Å². The Labute approximate surface area is 161 Å². The number of carboxylic acid groups (broad SMARTS) is 2. The molecule has 4 heteroatoms. The minimum atomic E-state index is -0.981. The van der Waals surface area contributed by atoms with Crippen LogP contribution in [-0.4, -0.2) is 22.2 Å². The van der Waals surface area contributed by atoms with Crippen LogP contribution in [0.2, 0.25) is 0 Å². The van der Waals surface area contributed by atoms with Crippen molar-refractivity contribution in [2.24, 2.45) is 5.92 Å². The van der Waals surface area contributed by atoms with Crippen molar-refractivity contribution in [3.8, 4) is 0 Å². The van der Waals surface area contributed by atoms with Gasteiger partial charge in [0.05, 0.1) is 5.92 Å². The molecule has 1 unspecified atom stereocenters. The molecule has 154 valence electrons. The quantitative estimate of drug-likeness (QED) is 0.217. The van der Waals surface area contributed by atoms with E-state index in [0.717, 1.165) is 18.9 Å². The summed E-state index contributed by atoms with van der Waals surface area (Å²) in [4.78, 5) is 19.9. The highest BCUT2D eigenvalue weighted by molar-refractivity contribution is 5.78. The van der Waals surface area contributed by atoms with Crippen LogP contribution in [0.25, 0.3) is 0 Å². The van der Waals surface area contributed by atoms with Crippen molar-refractivity contribution in [1.82, 2.24) is 0 Å². The van der Waals surface area contributed by atoms with Gasteiger partial charge in [0, 0.05) is 6.08 Å². The molecule has 0 heterocycles. The molecule has 0 aliphatic carbocycles. The maximum absolute atomic E-state index is 10.7. The highest BCUT2D eigenvalue weighted by atomic mass is 16.4. The zero-order valence-corrected chi connectivity index (χ0v) is 17.2. The lowest BCUT2D eigenvalue weighted by atomic mass is 10.0. The number of carbonyl (C=O) groups is 2. The lowest BCUT2D eigenvalue weighted by molar-refractivity contribution is -0.141. The first-order valence-corrected chi connectivity index (χ1v) is 10.5. The SMILES string of the molecule is C=CC(=O)O.CCCCCCCCCCCCCCCCC(C)C(=O)O. The molecular formula is C22H42O4. The lowest BCUT2D eigenvalue weighted by Gasteiger charge is -2.05. The van der Waals surface area contributed by atoms with E-state index in [1.54, 1.807) is 0 Å². The van der Waals surface area contributed by atoms with Crippen molar-refractivity contribution in [2.75, 3.05) is 0 Å². The minimum Gasteiger partial charge on any atom is -0.481 e. The number of hydrogen-bond donors (Lipinski definition) is 2. The molecule has 0 aromatic carbocycles. The van der Waals surface area contributed by atoms with Gasteiger partial charge in [0.1, 0.15) is 0 Å². The van der Waals surface area contributed by atoms with E-state index in [1.807, 2.05) is 6.92 Å². The maximum atomic E-state index is 10.7. The average molecular weight is 371 g/mol. The lowest BCUT2D eigenvalue weighted by Crippen LogP contribution is -2.08. The Morgan fingerprint density at radius 1 is 0.769 bits per heavy atom. The summed E-state index contributed by atoms with van der Waals surface area (Å²) in [5.41, 5.74) is 0. The van der Waals surface area contributed by atoms with Crippen LogP contribution < -0.4 is 0 Å². The monoisotopic (exact) mass is 370 g/mol. The van der Waals surface area contributed by atoms with Crippen LogP contribution >= 0.6 is 0 Å². The molecule has 0 fully saturated rings. The fourth-order valence-electron chi connectivity index (χ4n) is 2.77. The Bertz CT molecular complexity index is 339. The number of aliphatic carboxylic acids is 2. The zero-order valence-electron chi connectivity index (χ0n) is 17.2. The molecule has 0 aromatic heterocycles. The summed E-state index contributed by atoms with van der Waals surface area (Å²) in [7, 11) is 0. The largest absolute Gasteiger partial charge is 0.481 e. The van der Waals surface area contributed by atoms with Gasteiger partial charge < -0.3 is 10.2 Å². The predicted molar refractivity (Wildman–Crippen MR) is 110 cm³/mol. The Morgan fingerprint density at radius 2 is 1.08 bits per heavy atom. The molecule has 0 radical (unpaired) electrons. The summed E-state index contributed by atoms with van der Waals surface area (Å²) in [6.45, 7) is 7.04. The predicted octanol–water partition coefficient (Wildman–Crippen LogP) is 6.84. The summed E-state index contributed by atoms with van der Waals surface area (Å²) < 4.78 is 0. The molecule has 1 atom stereocenters. The topological polar surface area (TPSA) is 74.6 Å². The molecular weight excluding hydrogens is 328 g/mol. The van der Waals surface area contributed by atoms with Gasteiger partial charge in [0.25, 0.3) is 0 Å². The van der Waals surface area contributed by atoms with Crippen molar-refractivity contribution in [3.63, 3.8) is 0 Å². The van der Waals surface area contributed by atoms with Crippen LogP contribution in [0.3, 0.4) is 0 Å². The molecule has 0 bridgehead atoms. The van der Waals surface area contributed by atoms with Gasteiger partial charge in [-0.15, -0.1) is 0 Å². The summed E-state index contributed by atoms with van der Waals surface area (Å²) >= 11 is 0. The highest BCUT2D eigenvalue weighted by Gasteiger charge is 2.09. The van der Waals surface area contributed by atoms with Gasteiger partial charge in [-0.25, -0.2) is 4.79 Å². The van der Waals surface area contributed by atoms with Crippen LogP contribution in [0.5, 0.6) is 0 Å². The fraction of sp³-hybridized carbons (Fsp3) is 0.818. The van der Waals surface area contributed by atoms with Crippen molar-refractivity contribution in [2.45, 2.75) is 110 Å². The van der Waals surface area contributed by atoms with E-state index in [0.29, 0.717) is 0 Å². The van der Waals surface area contributed by atoms with Crippen LogP contribution in [-0.2, 0) is 9.59 Å². The van der Waals surface area contributed by atoms with Gasteiger partial charge in [-0.05, 0) is 6.42 Å². The standard InChI is InChI=1S/C19H38O2.C3H4O2/c1-3-4-5-6-7-8-9-10-11-12-13-14-15-16-17-18(2)19(20)21;1-2-3(4)5/h18H,3-17H2,1-2H3,(H,20,21);2H,1H2,(H,4,5). The first-order valence-electron chi connectivity index (χ1n) is 10.5. The third-order valence-corrected chi connectivity index (χ3v) is 4.59. The normalized spacial score (nSPS) is 11.3. The summed E-state index contributed by atoms with van der Waals surface area (Å²) in [6, 6.07) is 0. The molecule has 0 amide bonds.